The van der Waals surface area contributed by atoms with Gasteiger partial charge in [0.05, 0.1) is 12.0 Å². The van der Waals surface area contributed by atoms with Crippen LogP contribution in [-0.2, 0) is 4.79 Å². The van der Waals surface area contributed by atoms with Crippen LogP contribution in [-0.4, -0.2) is 41.2 Å². The number of hydrogen-bond donors (Lipinski definition) is 3. The lowest BCUT2D eigenvalue weighted by Crippen LogP contribution is -2.46. The second-order valence-corrected chi connectivity index (χ2v) is 5.26. The molecule has 0 aliphatic heterocycles. The molecule has 18 heavy (non-hydrogen) atoms. The first-order chi connectivity index (χ1) is 8.56. The number of urea groups is 1. The molecule has 5 nitrogen and oxygen atoms in total. The molecule has 0 saturated heterocycles. The largest absolute Gasteiger partial charge is 0.481 e. The first kappa shape index (κ1) is 14.9. The van der Waals surface area contributed by atoms with Crippen molar-refractivity contribution in [3.05, 3.63) is 12.2 Å². The van der Waals surface area contributed by atoms with Gasteiger partial charge in [-0.2, -0.15) is 11.8 Å². The van der Waals surface area contributed by atoms with Crippen LogP contribution in [0.3, 0.4) is 0 Å². The molecule has 1 rings (SSSR count). The molecule has 102 valence electrons. The van der Waals surface area contributed by atoms with Crippen molar-refractivity contribution < 1.29 is 14.7 Å². The van der Waals surface area contributed by atoms with Crippen LogP contribution in [0.25, 0.3) is 0 Å². The lowest BCUT2D eigenvalue weighted by atomic mass is 10.1. The maximum absolute atomic E-state index is 11.7. The van der Waals surface area contributed by atoms with E-state index < -0.39 is 11.9 Å². The Kier molecular flexibility index (Phi) is 6.04. The standard InChI is InChI=1S/C12H20N2O3S/c1-3-9(7-18-2)13-12(17)14-10-5-4-8(6-10)11(15)16/h4-5,8-10H,3,6-7H2,1-2H3,(H,15,16)(H2,13,14,17). The minimum absolute atomic E-state index is 0.153. The Balaban J connectivity index is 2.33. The monoisotopic (exact) mass is 272 g/mol. The average molecular weight is 272 g/mol. The molecule has 0 spiro atoms. The third kappa shape index (κ3) is 4.60. The SMILES string of the molecule is CCC(CSC)NC(=O)NC1C=CC(C(=O)O)C1. The number of thioether (sulfide) groups is 1. The average Bonchev–Trinajstić information content (AvgIpc) is 2.77. The van der Waals surface area contributed by atoms with Crippen LogP contribution >= 0.6 is 11.8 Å². The summed E-state index contributed by atoms with van der Waals surface area (Å²) in [6.07, 6.45) is 6.69. The lowest BCUT2D eigenvalue weighted by Gasteiger charge is -2.18. The highest BCUT2D eigenvalue weighted by Crippen LogP contribution is 2.17. The van der Waals surface area contributed by atoms with E-state index in [1.807, 2.05) is 13.2 Å². The normalized spacial score (nSPS) is 23.7. The highest BCUT2D eigenvalue weighted by Gasteiger charge is 2.25. The Hall–Kier alpha value is -1.17. The molecule has 1 aliphatic carbocycles. The summed E-state index contributed by atoms with van der Waals surface area (Å²) in [5, 5.41) is 14.5. The van der Waals surface area contributed by atoms with Gasteiger partial charge >= 0.3 is 12.0 Å². The molecule has 0 aromatic heterocycles. The van der Waals surface area contributed by atoms with Gasteiger partial charge in [0.2, 0.25) is 0 Å². The highest BCUT2D eigenvalue weighted by molar-refractivity contribution is 7.98. The molecule has 0 bridgehead atoms. The van der Waals surface area contributed by atoms with E-state index in [1.165, 1.54) is 0 Å². The lowest BCUT2D eigenvalue weighted by molar-refractivity contribution is -0.140. The second-order valence-electron chi connectivity index (χ2n) is 4.35. The summed E-state index contributed by atoms with van der Waals surface area (Å²) >= 11 is 1.69. The molecule has 0 saturated carbocycles. The van der Waals surface area contributed by atoms with Crippen LogP contribution < -0.4 is 10.6 Å². The van der Waals surface area contributed by atoms with Gasteiger partial charge in [-0.1, -0.05) is 19.1 Å². The van der Waals surface area contributed by atoms with E-state index in [4.69, 9.17) is 5.11 Å². The minimum Gasteiger partial charge on any atom is -0.481 e. The number of nitrogens with one attached hydrogen (secondary N) is 2. The maximum atomic E-state index is 11.7. The third-order valence-electron chi connectivity index (χ3n) is 2.91. The summed E-state index contributed by atoms with van der Waals surface area (Å²) in [4.78, 5) is 22.5. The zero-order chi connectivity index (χ0) is 13.5. The Morgan fingerprint density at radius 3 is 2.72 bits per heavy atom. The van der Waals surface area contributed by atoms with Crippen molar-refractivity contribution in [3.8, 4) is 0 Å². The van der Waals surface area contributed by atoms with Gasteiger partial charge in [0.1, 0.15) is 0 Å². The summed E-state index contributed by atoms with van der Waals surface area (Å²) in [7, 11) is 0. The van der Waals surface area contributed by atoms with Crippen molar-refractivity contribution in [1.29, 1.82) is 0 Å². The van der Waals surface area contributed by atoms with Crippen LogP contribution in [0.4, 0.5) is 4.79 Å². The fourth-order valence-electron chi connectivity index (χ4n) is 1.85. The Morgan fingerprint density at radius 1 is 1.50 bits per heavy atom. The number of hydrogen-bond acceptors (Lipinski definition) is 3. The molecule has 1 aliphatic rings. The summed E-state index contributed by atoms with van der Waals surface area (Å²) in [5.74, 6) is -0.449. The van der Waals surface area contributed by atoms with E-state index in [9.17, 15) is 9.59 Å². The zero-order valence-electron chi connectivity index (χ0n) is 10.7. The number of carboxylic acid groups (broad SMARTS) is 1. The van der Waals surface area contributed by atoms with Gasteiger partial charge in [-0.05, 0) is 19.1 Å². The Labute approximate surface area is 111 Å². The van der Waals surface area contributed by atoms with Gasteiger partial charge in [0.15, 0.2) is 0 Å². The topological polar surface area (TPSA) is 78.4 Å². The molecular formula is C12H20N2O3S. The van der Waals surface area contributed by atoms with E-state index >= 15 is 0 Å². The molecule has 3 unspecified atom stereocenters. The molecule has 0 radical (unpaired) electrons. The molecule has 3 N–H and O–H groups in total. The predicted molar refractivity (Wildman–Crippen MR) is 72.8 cm³/mol. The predicted octanol–water partition coefficient (Wildman–Crippen LogP) is 1.46. The Morgan fingerprint density at radius 2 is 2.22 bits per heavy atom. The number of rotatable bonds is 6. The van der Waals surface area contributed by atoms with Gasteiger partial charge in [0, 0.05) is 11.8 Å². The van der Waals surface area contributed by atoms with Crippen LogP contribution in [0.5, 0.6) is 0 Å². The summed E-state index contributed by atoms with van der Waals surface area (Å²) in [5.41, 5.74) is 0. The first-order valence-electron chi connectivity index (χ1n) is 6.03. The van der Waals surface area contributed by atoms with Gasteiger partial charge < -0.3 is 15.7 Å². The van der Waals surface area contributed by atoms with E-state index in [0.29, 0.717) is 6.42 Å². The van der Waals surface area contributed by atoms with Gasteiger partial charge in [-0.25, -0.2) is 4.79 Å². The third-order valence-corrected chi connectivity index (χ3v) is 3.65. The molecule has 0 fully saturated rings. The van der Waals surface area contributed by atoms with Gasteiger partial charge in [-0.15, -0.1) is 0 Å². The van der Waals surface area contributed by atoms with Gasteiger partial charge in [-0.3, -0.25) is 4.79 Å². The molecule has 0 aromatic carbocycles. The molecule has 0 aromatic rings. The summed E-state index contributed by atoms with van der Waals surface area (Å²) in [6.45, 7) is 2.02. The molecular weight excluding hydrogens is 252 g/mol. The minimum atomic E-state index is -0.843. The van der Waals surface area contributed by atoms with Crippen molar-refractivity contribution in [2.45, 2.75) is 31.8 Å². The van der Waals surface area contributed by atoms with E-state index in [-0.39, 0.29) is 18.1 Å². The summed E-state index contributed by atoms with van der Waals surface area (Å²) in [6, 6.07) is -0.255. The number of carbonyl (C=O) groups is 2. The quantitative estimate of drug-likeness (QED) is 0.640. The van der Waals surface area contributed by atoms with E-state index in [0.717, 1.165) is 12.2 Å². The smallest absolute Gasteiger partial charge is 0.315 e. The van der Waals surface area contributed by atoms with Crippen molar-refractivity contribution in [1.82, 2.24) is 10.6 Å². The van der Waals surface area contributed by atoms with E-state index in [1.54, 1.807) is 23.9 Å². The van der Waals surface area contributed by atoms with Gasteiger partial charge in [0.25, 0.3) is 0 Å². The molecule has 0 heterocycles. The van der Waals surface area contributed by atoms with Crippen LogP contribution in [0.1, 0.15) is 19.8 Å². The number of amides is 2. The van der Waals surface area contributed by atoms with E-state index in [2.05, 4.69) is 10.6 Å². The number of carbonyl (C=O) groups excluding carboxylic acids is 1. The summed E-state index contributed by atoms with van der Waals surface area (Å²) < 4.78 is 0. The Bertz CT molecular complexity index is 333. The maximum Gasteiger partial charge on any atom is 0.315 e. The van der Waals surface area contributed by atoms with Crippen LogP contribution in [0.15, 0.2) is 12.2 Å². The fourth-order valence-corrected chi connectivity index (χ4v) is 2.57. The van der Waals surface area contributed by atoms with Crippen LogP contribution in [0, 0.1) is 5.92 Å². The number of carboxylic acids is 1. The van der Waals surface area contributed by atoms with Crippen molar-refractivity contribution in [2.75, 3.05) is 12.0 Å². The number of aliphatic carboxylic acids is 1. The fraction of sp³-hybridized carbons (Fsp3) is 0.667. The molecule has 6 heteroatoms. The van der Waals surface area contributed by atoms with Crippen molar-refractivity contribution >= 4 is 23.8 Å². The second kappa shape index (κ2) is 7.31. The van der Waals surface area contributed by atoms with Crippen molar-refractivity contribution in [3.63, 3.8) is 0 Å². The van der Waals surface area contributed by atoms with Crippen LogP contribution in [0.2, 0.25) is 0 Å². The molecule has 2 amide bonds. The van der Waals surface area contributed by atoms with Crippen molar-refractivity contribution in [2.24, 2.45) is 5.92 Å². The molecule has 3 atom stereocenters. The highest BCUT2D eigenvalue weighted by atomic mass is 32.2. The zero-order valence-corrected chi connectivity index (χ0v) is 11.5. The first-order valence-corrected chi connectivity index (χ1v) is 7.43.